The highest BCUT2D eigenvalue weighted by atomic mass is 79.9. The maximum absolute atomic E-state index is 12.0. The molecule has 128 valence electrons. The van der Waals surface area contributed by atoms with Crippen molar-refractivity contribution in [3.8, 4) is 11.5 Å². The Morgan fingerprint density at radius 1 is 1.17 bits per heavy atom. The smallest absolute Gasteiger partial charge is 0.348 e. The van der Waals surface area contributed by atoms with Crippen molar-refractivity contribution in [1.82, 2.24) is 0 Å². The van der Waals surface area contributed by atoms with E-state index < -0.39 is 18.5 Å². The zero-order chi connectivity index (χ0) is 17.7. The summed E-state index contributed by atoms with van der Waals surface area (Å²) >= 11 is 7.80. The maximum Gasteiger partial charge on any atom is 0.348 e. The summed E-state index contributed by atoms with van der Waals surface area (Å²) in [5.41, 5.74) is 0.459. The van der Waals surface area contributed by atoms with Gasteiger partial charge < -0.3 is 19.5 Å². The van der Waals surface area contributed by atoms with Crippen LogP contribution in [0.5, 0.6) is 11.5 Å². The molecule has 9 heteroatoms. The Kier molecular flexibility index (Phi) is 6.64. The molecule has 2 rings (SSSR count). The molecule has 1 aromatic heterocycles. The Balaban J connectivity index is 1.95. The van der Waals surface area contributed by atoms with Crippen molar-refractivity contribution in [2.24, 2.45) is 0 Å². The number of benzene rings is 1. The van der Waals surface area contributed by atoms with Crippen molar-refractivity contribution in [2.75, 3.05) is 26.1 Å². The highest BCUT2D eigenvalue weighted by Crippen LogP contribution is 2.32. The molecule has 1 N–H and O–H groups in total. The van der Waals surface area contributed by atoms with Crippen LogP contribution >= 0.6 is 43.2 Å². The fraction of sp³-hybridized carbons (Fsp3) is 0.200. The zero-order valence-electron chi connectivity index (χ0n) is 12.7. The summed E-state index contributed by atoms with van der Waals surface area (Å²) in [5, 5.41) is 2.62. The molecule has 2 aromatic rings. The van der Waals surface area contributed by atoms with E-state index in [0.29, 0.717) is 22.1 Å². The van der Waals surface area contributed by atoms with Crippen LogP contribution in [0.3, 0.4) is 0 Å². The quantitative estimate of drug-likeness (QED) is 0.633. The minimum absolute atomic E-state index is 0.392. The summed E-state index contributed by atoms with van der Waals surface area (Å²) in [6, 6.07) is 6.60. The van der Waals surface area contributed by atoms with Gasteiger partial charge in [0.05, 0.1) is 23.7 Å². The number of ether oxygens (including phenoxy) is 3. The third-order valence-electron chi connectivity index (χ3n) is 2.86. The molecule has 0 spiro atoms. The van der Waals surface area contributed by atoms with Crippen molar-refractivity contribution < 1.29 is 23.8 Å². The first-order valence-electron chi connectivity index (χ1n) is 6.58. The number of anilines is 1. The van der Waals surface area contributed by atoms with Gasteiger partial charge in [-0.3, -0.25) is 4.79 Å². The third kappa shape index (κ3) is 4.71. The summed E-state index contributed by atoms with van der Waals surface area (Å²) in [7, 11) is 3.02. The topological polar surface area (TPSA) is 73.9 Å². The second-order valence-electron chi connectivity index (χ2n) is 4.42. The van der Waals surface area contributed by atoms with E-state index in [4.69, 9.17) is 14.2 Å². The average molecular weight is 479 g/mol. The molecule has 0 bridgehead atoms. The molecular weight excluding hydrogens is 466 g/mol. The Labute approximate surface area is 159 Å². The first-order valence-corrected chi connectivity index (χ1v) is 8.98. The molecule has 0 aliphatic carbocycles. The number of nitrogens with one attached hydrogen (secondary N) is 1. The van der Waals surface area contributed by atoms with Gasteiger partial charge in [-0.05, 0) is 50.1 Å². The van der Waals surface area contributed by atoms with Crippen LogP contribution in [0.1, 0.15) is 9.67 Å². The summed E-state index contributed by atoms with van der Waals surface area (Å²) in [6.45, 7) is -0.402. The molecule has 24 heavy (non-hydrogen) atoms. The minimum atomic E-state index is -0.566. The van der Waals surface area contributed by atoms with Gasteiger partial charge >= 0.3 is 5.97 Å². The fourth-order valence-electron chi connectivity index (χ4n) is 1.74. The first kappa shape index (κ1) is 18.8. The molecule has 0 saturated heterocycles. The molecule has 1 heterocycles. The monoisotopic (exact) mass is 477 g/mol. The lowest BCUT2D eigenvalue weighted by Gasteiger charge is -2.11. The number of thiophene rings is 1. The summed E-state index contributed by atoms with van der Waals surface area (Å²) in [5.74, 6) is 0.00928. The van der Waals surface area contributed by atoms with E-state index in [-0.39, 0.29) is 0 Å². The van der Waals surface area contributed by atoms with Crippen LogP contribution in [0.15, 0.2) is 32.5 Å². The highest BCUT2D eigenvalue weighted by Gasteiger charge is 2.16. The molecule has 0 aliphatic rings. The molecule has 1 aromatic carbocycles. The van der Waals surface area contributed by atoms with Crippen LogP contribution in [0, 0.1) is 0 Å². The molecule has 0 unspecified atom stereocenters. The van der Waals surface area contributed by atoms with Crippen LogP contribution in [0.2, 0.25) is 0 Å². The molecule has 0 fully saturated rings. The fourth-order valence-corrected chi connectivity index (χ4v) is 3.67. The number of hydrogen-bond donors (Lipinski definition) is 1. The van der Waals surface area contributed by atoms with Crippen LogP contribution in [-0.4, -0.2) is 32.7 Å². The van der Waals surface area contributed by atoms with Crippen molar-refractivity contribution >= 4 is 60.8 Å². The zero-order valence-corrected chi connectivity index (χ0v) is 16.7. The van der Waals surface area contributed by atoms with Crippen molar-refractivity contribution in [3.05, 3.63) is 37.4 Å². The van der Waals surface area contributed by atoms with E-state index in [0.717, 1.165) is 8.26 Å². The molecule has 1 amide bonds. The predicted octanol–water partition coefficient (Wildman–Crippen LogP) is 4.09. The Hall–Kier alpha value is -1.58. The summed E-state index contributed by atoms with van der Waals surface area (Å²) in [6.07, 6.45) is 0. The van der Waals surface area contributed by atoms with E-state index in [9.17, 15) is 9.59 Å². The molecule has 0 aliphatic heterocycles. The molecular formula is C15H13Br2NO5S. The number of hydrogen-bond acceptors (Lipinski definition) is 6. The van der Waals surface area contributed by atoms with E-state index in [1.807, 2.05) is 0 Å². The number of carbonyl (C=O) groups excluding carboxylic acids is 2. The standard InChI is InChI=1S/C15H13Br2NO5S/c1-21-8-3-4-10(11(5-8)22-2)18-13(19)7-23-15(20)12-6-9(16)14(17)24-12/h3-6H,7H2,1-2H3,(H,18,19). The number of rotatable bonds is 6. The lowest BCUT2D eigenvalue weighted by molar-refractivity contribution is -0.119. The second kappa shape index (κ2) is 8.50. The minimum Gasteiger partial charge on any atom is -0.497 e. The van der Waals surface area contributed by atoms with Gasteiger partial charge in [0.15, 0.2) is 6.61 Å². The van der Waals surface area contributed by atoms with Crippen LogP contribution < -0.4 is 14.8 Å². The number of halogens is 2. The summed E-state index contributed by atoms with van der Waals surface area (Å²) < 4.78 is 16.8. The third-order valence-corrected chi connectivity index (χ3v) is 6.10. The lowest BCUT2D eigenvalue weighted by Crippen LogP contribution is -2.20. The van der Waals surface area contributed by atoms with Gasteiger partial charge in [0.25, 0.3) is 5.91 Å². The van der Waals surface area contributed by atoms with Gasteiger partial charge in [-0.15, -0.1) is 11.3 Å². The lowest BCUT2D eigenvalue weighted by atomic mass is 10.2. The Bertz CT molecular complexity index is 743. The maximum atomic E-state index is 12.0. The predicted molar refractivity (Wildman–Crippen MR) is 98.2 cm³/mol. The average Bonchev–Trinajstić information content (AvgIpc) is 2.92. The first-order chi connectivity index (χ1) is 11.4. The van der Waals surface area contributed by atoms with E-state index in [2.05, 4.69) is 37.2 Å². The molecule has 6 nitrogen and oxygen atoms in total. The number of methoxy groups -OCH3 is 2. The highest BCUT2D eigenvalue weighted by molar-refractivity contribution is 9.13. The van der Waals surface area contributed by atoms with Gasteiger partial charge in [0, 0.05) is 10.5 Å². The van der Waals surface area contributed by atoms with Gasteiger partial charge in [-0.2, -0.15) is 0 Å². The van der Waals surface area contributed by atoms with Crippen LogP contribution in [0.25, 0.3) is 0 Å². The van der Waals surface area contributed by atoms with Gasteiger partial charge in [0.2, 0.25) is 0 Å². The second-order valence-corrected chi connectivity index (χ2v) is 7.65. The Morgan fingerprint density at radius 3 is 2.50 bits per heavy atom. The van der Waals surface area contributed by atoms with Crippen molar-refractivity contribution in [2.45, 2.75) is 0 Å². The van der Waals surface area contributed by atoms with E-state index in [1.54, 1.807) is 24.3 Å². The van der Waals surface area contributed by atoms with Gasteiger partial charge in [-0.1, -0.05) is 0 Å². The van der Waals surface area contributed by atoms with E-state index >= 15 is 0 Å². The van der Waals surface area contributed by atoms with Gasteiger partial charge in [0.1, 0.15) is 16.4 Å². The normalized spacial score (nSPS) is 10.2. The van der Waals surface area contributed by atoms with Crippen LogP contribution in [-0.2, 0) is 9.53 Å². The van der Waals surface area contributed by atoms with Crippen molar-refractivity contribution in [1.29, 1.82) is 0 Å². The van der Waals surface area contributed by atoms with Gasteiger partial charge in [-0.25, -0.2) is 4.79 Å². The van der Waals surface area contributed by atoms with Crippen LogP contribution in [0.4, 0.5) is 5.69 Å². The number of carbonyl (C=O) groups is 2. The SMILES string of the molecule is COc1ccc(NC(=O)COC(=O)c2cc(Br)c(Br)s2)c(OC)c1. The number of amides is 1. The molecule has 0 saturated carbocycles. The number of esters is 1. The molecule has 0 atom stereocenters. The molecule has 0 radical (unpaired) electrons. The van der Waals surface area contributed by atoms with Crippen molar-refractivity contribution in [3.63, 3.8) is 0 Å². The largest absolute Gasteiger partial charge is 0.497 e. The Morgan fingerprint density at radius 2 is 1.92 bits per heavy atom. The van der Waals surface area contributed by atoms with E-state index in [1.165, 1.54) is 25.6 Å². The summed E-state index contributed by atoms with van der Waals surface area (Å²) in [4.78, 5) is 24.2.